The number of hydrogen-bond donors (Lipinski definition) is 1. The Morgan fingerprint density at radius 1 is 1.33 bits per heavy atom. The Morgan fingerprint density at radius 2 is 2.17 bits per heavy atom. The molecule has 3 aliphatic rings. The van der Waals surface area contributed by atoms with Gasteiger partial charge in [0.1, 0.15) is 0 Å². The second-order valence-electron chi connectivity index (χ2n) is 5.37. The Bertz CT molecular complexity index is 628. The van der Waals surface area contributed by atoms with Crippen molar-refractivity contribution in [3.05, 3.63) is 42.0 Å². The molecule has 1 aliphatic heterocycles. The molecular weight excluding hydrogens is 224 g/mol. The third-order valence-corrected chi connectivity index (χ3v) is 4.76. The first kappa shape index (κ1) is 9.90. The first-order chi connectivity index (χ1) is 8.78. The van der Waals surface area contributed by atoms with Gasteiger partial charge < -0.3 is 5.32 Å². The Kier molecular flexibility index (Phi) is 1.66. The lowest BCUT2D eigenvalue weighted by molar-refractivity contribution is -0.122. The van der Waals surface area contributed by atoms with Crippen LogP contribution in [0.4, 0.5) is 5.69 Å². The number of anilines is 1. The minimum atomic E-state index is -0.634. The van der Waals surface area contributed by atoms with Crippen LogP contribution in [-0.4, -0.2) is 5.91 Å². The van der Waals surface area contributed by atoms with E-state index in [0.717, 1.165) is 17.7 Å². The molecule has 0 aromatic heterocycles. The lowest BCUT2D eigenvalue weighted by Crippen LogP contribution is -2.44. The van der Waals surface area contributed by atoms with E-state index in [-0.39, 0.29) is 23.7 Å². The molecule has 1 spiro atoms. The number of nitriles is 1. The maximum Gasteiger partial charge on any atom is 0.237 e. The molecule has 0 saturated heterocycles. The molecule has 2 bridgehead atoms. The number of hydrogen-bond acceptors (Lipinski definition) is 2. The van der Waals surface area contributed by atoms with Crippen molar-refractivity contribution >= 4 is 11.6 Å². The van der Waals surface area contributed by atoms with Crippen LogP contribution in [0, 0.1) is 29.1 Å². The smallest absolute Gasteiger partial charge is 0.237 e. The second kappa shape index (κ2) is 3.02. The van der Waals surface area contributed by atoms with E-state index in [1.807, 2.05) is 24.3 Å². The van der Waals surface area contributed by atoms with Gasteiger partial charge in [-0.05, 0) is 29.9 Å². The van der Waals surface area contributed by atoms with Gasteiger partial charge in [-0.25, -0.2) is 0 Å². The molecule has 3 nitrogen and oxygen atoms in total. The molecule has 1 aromatic carbocycles. The maximum atomic E-state index is 12.5. The number of para-hydroxylation sites is 1. The quantitative estimate of drug-likeness (QED) is 0.702. The second-order valence-corrected chi connectivity index (χ2v) is 5.37. The zero-order valence-electron chi connectivity index (χ0n) is 9.76. The Labute approximate surface area is 105 Å². The van der Waals surface area contributed by atoms with E-state index < -0.39 is 5.41 Å². The van der Waals surface area contributed by atoms with E-state index in [4.69, 9.17) is 0 Å². The van der Waals surface area contributed by atoms with Gasteiger partial charge in [0.25, 0.3) is 0 Å². The van der Waals surface area contributed by atoms with E-state index in [0.29, 0.717) is 0 Å². The van der Waals surface area contributed by atoms with Crippen LogP contribution in [0.1, 0.15) is 12.0 Å². The maximum absolute atomic E-state index is 12.5. The fraction of sp³-hybridized carbons (Fsp3) is 0.333. The number of fused-ring (bicyclic) bond motifs is 5. The molecule has 4 rings (SSSR count). The largest absolute Gasteiger partial charge is 0.325 e. The molecule has 1 heterocycles. The molecule has 4 atom stereocenters. The van der Waals surface area contributed by atoms with Crippen LogP contribution in [0.2, 0.25) is 0 Å². The Morgan fingerprint density at radius 3 is 3.00 bits per heavy atom. The number of rotatable bonds is 0. The van der Waals surface area contributed by atoms with Crippen LogP contribution < -0.4 is 5.32 Å². The summed E-state index contributed by atoms with van der Waals surface area (Å²) < 4.78 is 0. The number of carbonyl (C=O) groups is 1. The van der Waals surface area contributed by atoms with Crippen molar-refractivity contribution in [3.63, 3.8) is 0 Å². The normalized spacial score (nSPS) is 38.8. The van der Waals surface area contributed by atoms with Crippen molar-refractivity contribution in [1.82, 2.24) is 0 Å². The predicted molar refractivity (Wildman–Crippen MR) is 66.6 cm³/mol. The van der Waals surface area contributed by atoms with Crippen molar-refractivity contribution < 1.29 is 4.79 Å². The van der Waals surface area contributed by atoms with Gasteiger partial charge in [0, 0.05) is 5.69 Å². The fourth-order valence-electron chi connectivity index (χ4n) is 4.06. The highest BCUT2D eigenvalue weighted by molar-refractivity contribution is 6.07. The summed E-state index contributed by atoms with van der Waals surface area (Å²) in [4.78, 5) is 12.5. The number of benzene rings is 1. The number of nitrogens with zero attached hydrogens (tertiary/aromatic N) is 1. The number of nitrogens with one attached hydrogen (secondary N) is 1. The summed E-state index contributed by atoms with van der Waals surface area (Å²) in [6, 6.07) is 10.2. The Hall–Kier alpha value is -2.08. The third kappa shape index (κ3) is 0.862. The third-order valence-electron chi connectivity index (χ3n) is 4.76. The molecule has 0 unspecified atom stereocenters. The standard InChI is InChI=1S/C15H12N2O/c16-8-12-9-5-6-10(7-9)15(12)11-3-1-2-4-13(11)17-14(15)18/h1-6,9-10,12H,7H2,(H,17,18)/t9-,10+,12-,15+/m1/s1. The molecule has 1 N–H and O–H groups in total. The summed E-state index contributed by atoms with van der Waals surface area (Å²) in [5.74, 6) is 0.191. The highest BCUT2D eigenvalue weighted by Gasteiger charge is 2.64. The predicted octanol–water partition coefficient (Wildman–Crippen LogP) is 2.22. The van der Waals surface area contributed by atoms with Crippen LogP contribution in [-0.2, 0) is 10.2 Å². The van der Waals surface area contributed by atoms with Crippen LogP contribution in [0.5, 0.6) is 0 Å². The molecule has 1 aromatic rings. The van der Waals surface area contributed by atoms with Crippen LogP contribution in [0.25, 0.3) is 0 Å². The first-order valence-electron chi connectivity index (χ1n) is 6.27. The van der Waals surface area contributed by atoms with Gasteiger partial charge in [-0.2, -0.15) is 5.26 Å². The average Bonchev–Trinajstić information content (AvgIpc) is 3.04. The molecule has 1 saturated carbocycles. The molecule has 1 amide bonds. The highest BCUT2D eigenvalue weighted by Crippen LogP contribution is 2.60. The van der Waals surface area contributed by atoms with Crippen molar-refractivity contribution in [2.75, 3.05) is 5.32 Å². The van der Waals surface area contributed by atoms with Gasteiger partial charge >= 0.3 is 0 Å². The summed E-state index contributed by atoms with van der Waals surface area (Å²) in [5.41, 5.74) is 1.26. The SMILES string of the molecule is N#C[C@@H]1[C@@H]2C=C[C@@H](C2)[C@@]12C(=O)Nc1ccccc12. The van der Waals surface area contributed by atoms with Gasteiger partial charge in [0.2, 0.25) is 5.91 Å². The van der Waals surface area contributed by atoms with Gasteiger partial charge in [0.15, 0.2) is 0 Å². The average molecular weight is 236 g/mol. The van der Waals surface area contributed by atoms with E-state index >= 15 is 0 Å². The van der Waals surface area contributed by atoms with Gasteiger partial charge in [-0.1, -0.05) is 30.4 Å². The monoisotopic (exact) mass is 236 g/mol. The van der Waals surface area contributed by atoms with E-state index in [1.54, 1.807) is 0 Å². The van der Waals surface area contributed by atoms with Gasteiger partial charge in [0.05, 0.1) is 17.4 Å². The van der Waals surface area contributed by atoms with Gasteiger partial charge in [-0.3, -0.25) is 4.79 Å². The molecule has 88 valence electrons. The lowest BCUT2D eigenvalue weighted by atomic mass is 9.65. The van der Waals surface area contributed by atoms with E-state index in [2.05, 4.69) is 23.5 Å². The van der Waals surface area contributed by atoms with Crippen molar-refractivity contribution in [3.8, 4) is 6.07 Å². The fourth-order valence-corrected chi connectivity index (χ4v) is 4.06. The van der Waals surface area contributed by atoms with Crippen molar-refractivity contribution in [2.45, 2.75) is 11.8 Å². The number of carbonyl (C=O) groups excluding carboxylic acids is 1. The zero-order chi connectivity index (χ0) is 12.3. The van der Waals surface area contributed by atoms with Crippen molar-refractivity contribution in [2.24, 2.45) is 17.8 Å². The molecule has 18 heavy (non-hydrogen) atoms. The van der Waals surface area contributed by atoms with E-state index in [1.165, 1.54) is 0 Å². The van der Waals surface area contributed by atoms with Crippen molar-refractivity contribution in [1.29, 1.82) is 5.26 Å². The summed E-state index contributed by atoms with van der Waals surface area (Å²) >= 11 is 0. The van der Waals surface area contributed by atoms with Gasteiger partial charge in [-0.15, -0.1) is 0 Å². The van der Waals surface area contributed by atoms with Crippen LogP contribution >= 0.6 is 0 Å². The zero-order valence-corrected chi connectivity index (χ0v) is 9.76. The van der Waals surface area contributed by atoms with E-state index in [9.17, 15) is 10.1 Å². The number of amides is 1. The summed E-state index contributed by atoms with van der Waals surface area (Å²) in [7, 11) is 0. The van der Waals surface area contributed by atoms with Crippen LogP contribution in [0.3, 0.4) is 0 Å². The summed E-state index contributed by atoms with van der Waals surface area (Å²) in [6.07, 6.45) is 5.16. The number of allylic oxidation sites excluding steroid dienone is 2. The molecule has 3 heteroatoms. The molecule has 1 fully saturated rings. The molecule has 2 aliphatic carbocycles. The minimum Gasteiger partial charge on any atom is -0.325 e. The minimum absolute atomic E-state index is 0.00657. The summed E-state index contributed by atoms with van der Waals surface area (Å²) in [5, 5.41) is 12.4. The summed E-state index contributed by atoms with van der Waals surface area (Å²) in [6.45, 7) is 0. The topological polar surface area (TPSA) is 52.9 Å². The molecular formula is C15H12N2O. The first-order valence-corrected chi connectivity index (χ1v) is 6.27. The van der Waals surface area contributed by atoms with Crippen LogP contribution in [0.15, 0.2) is 36.4 Å². The molecule has 0 radical (unpaired) electrons. The highest BCUT2D eigenvalue weighted by atomic mass is 16.2. The Balaban J connectivity index is 2.02. The lowest BCUT2D eigenvalue weighted by Gasteiger charge is -2.33.